The Morgan fingerprint density at radius 1 is 1.27 bits per heavy atom. The molecule has 0 aliphatic carbocycles. The maximum Gasteiger partial charge on any atom is 0.412 e. The molecule has 1 heterocycles. The van der Waals surface area contributed by atoms with Crippen molar-refractivity contribution in [1.82, 2.24) is 9.80 Å². The number of carbonyl (C=O) groups is 2. The van der Waals surface area contributed by atoms with Crippen LogP contribution in [-0.2, 0) is 4.74 Å². The number of hydrazone groups is 1. The molecule has 1 aromatic heterocycles. The van der Waals surface area contributed by atoms with E-state index in [0.29, 0.717) is 33.3 Å². The monoisotopic (exact) mass is 376 g/mol. The molecule has 2 aromatic rings. The third-order valence-electron chi connectivity index (χ3n) is 3.39. The number of aromatic nitrogens is 1. The molecular weight excluding hydrogens is 356 g/mol. The molecule has 0 fully saturated rings. The zero-order valence-electron chi connectivity index (χ0n) is 15.0. The molecule has 2 rings (SSSR count). The third kappa shape index (κ3) is 4.79. The second-order valence-corrected chi connectivity index (χ2v) is 5.96. The highest BCUT2D eigenvalue weighted by molar-refractivity contribution is 7.11. The van der Waals surface area contributed by atoms with Gasteiger partial charge in [0.25, 0.3) is 5.91 Å². The summed E-state index contributed by atoms with van der Waals surface area (Å²) in [5.41, 5.74) is 4.82. The van der Waals surface area contributed by atoms with E-state index in [1.165, 1.54) is 0 Å². The fourth-order valence-electron chi connectivity index (χ4n) is 2.14. The van der Waals surface area contributed by atoms with Crippen molar-refractivity contribution in [3.8, 4) is 5.75 Å². The number of anilines is 1. The zero-order chi connectivity index (χ0) is 19.1. The summed E-state index contributed by atoms with van der Waals surface area (Å²) in [6.07, 6.45) is -0.563. The number of aryl methyl sites for hydroxylation is 1. The normalized spacial score (nSPS) is 11.0. The fraction of sp³-hybridized carbons (Fsp3) is 0.294. The van der Waals surface area contributed by atoms with E-state index in [1.807, 2.05) is 0 Å². The van der Waals surface area contributed by atoms with Crippen molar-refractivity contribution in [2.24, 2.45) is 5.10 Å². The lowest BCUT2D eigenvalue weighted by Crippen LogP contribution is -2.20. The summed E-state index contributed by atoms with van der Waals surface area (Å²) in [6, 6.07) is 6.67. The van der Waals surface area contributed by atoms with E-state index in [4.69, 9.17) is 9.47 Å². The number of hydrogen-bond donors (Lipinski definition) is 2. The Hall–Kier alpha value is -2.94. The standard InChI is InChI=1S/C17H20N4O4S/c1-5-25-17(23)18-16-14(11(3)21-26-16)10(2)19-20-15(22)12-6-8-13(24-4)9-7-12/h6-9H,5H2,1-4H3,(H,18,23)(H,20,22)/b19-10+. The highest BCUT2D eigenvalue weighted by Gasteiger charge is 2.17. The molecule has 0 aliphatic heterocycles. The smallest absolute Gasteiger partial charge is 0.412 e. The second kappa shape index (κ2) is 8.95. The van der Waals surface area contributed by atoms with Crippen molar-refractivity contribution < 1.29 is 19.1 Å². The molecule has 138 valence electrons. The van der Waals surface area contributed by atoms with Gasteiger partial charge in [0, 0.05) is 5.56 Å². The van der Waals surface area contributed by atoms with Gasteiger partial charge in [-0.05, 0) is 56.6 Å². The lowest BCUT2D eigenvalue weighted by molar-refractivity contribution is 0.0954. The molecule has 0 saturated carbocycles. The van der Waals surface area contributed by atoms with Crippen LogP contribution in [0.5, 0.6) is 5.75 Å². The molecule has 0 unspecified atom stereocenters. The summed E-state index contributed by atoms with van der Waals surface area (Å²) in [6.45, 7) is 5.51. The Labute approximate surface area is 155 Å². The van der Waals surface area contributed by atoms with E-state index in [1.54, 1.807) is 52.1 Å². The number of rotatable bonds is 6. The Balaban J connectivity index is 2.12. The summed E-state index contributed by atoms with van der Waals surface area (Å²) in [4.78, 5) is 23.8. The van der Waals surface area contributed by atoms with Gasteiger partial charge in [0.15, 0.2) is 0 Å². The van der Waals surface area contributed by atoms with E-state index < -0.39 is 6.09 Å². The molecule has 9 heteroatoms. The van der Waals surface area contributed by atoms with Crippen LogP contribution in [0.4, 0.5) is 9.80 Å². The number of amides is 2. The molecule has 0 radical (unpaired) electrons. The van der Waals surface area contributed by atoms with Gasteiger partial charge in [-0.2, -0.15) is 9.47 Å². The van der Waals surface area contributed by atoms with Crippen LogP contribution in [0.15, 0.2) is 29.4 Å². The first kappa shape index (κ1) is 19.4. The quantitative estimate of drug-likeness (QED) is 0.595. The maximum absolute atomic E-state index is 12.2. The van der Waals surface area contributed by atoms with Crippen LogP contribution in [0.2, 0.25) is 0 Å². The van der Waals surface area contributed by atoms with Crippen molar-refractivity contribution in [3.05, 3.63) is 41.1 Å². The topological polar surface area (TPSA) is 102 Å². The molecule has 0 saturated heterocycles. The average molecular weight is 376 g/mol. The first-order valence-electron chi connectivity index (χ1n) is 7.85. The first-order valence-corrected chi connectivity index (χ1v) is 8.62. The average Bonchev–Trinajstić information content (AvgIpc) is 2.99. The second-order valence-electron chi connectivity index (χ2n) is 5.18. The van der Waals surface area contributed by atoms with Gasteiger partial charge in [0.05, 0.1) is 30.7 Å². The largest absolute Gasteiger partial charge is 0.497 e. The van der Waals surface area contributed by atoms with Crippen molar-refractivity contribution in [2.45, 2.75) is 20.8 Å². The lowest BCUT2D eigenvalue weighted by Gasteiger charge is -2.07. The van der Waals surface area contributed by atoms with Gasteiger partial charge in [-0.25, -0.2) is 10.2 Å². The van der Waals surface area contributed by atoms with Gasteiger partial charge >= 0.3 is 6.09 Å². The Morgan fingerprint density at radius 2 is 1.96 bits per heavy atom. The lowest BCUT2D eigenvalue weighted by atomic mass is 10.1. The van der Waals surface area contributed by atoms with Gasteiger partial charge in [-0.1, -0.05) is 0 Å². The molecule has 26 heavy (non-hydrogen) atoms. The summed E-state index contributed by atoms with van der Waals surface area (Å²) < 4.78 is 14.2. The maximum atomic E-state index is 12.2. The van der Waals surface area contributed by atoms with Crippen molar-refractivity contribution in [2.75, 3.05) is 19.0 Å². The molecular formula is C17H20N4O4S. The third-order valence-corrected chi connectivity index (χ3v) is 4.25. The minimum absolute atomic E-state index is 0.268. The predicted molar refractivity (Wildman–Crippen MR) is 100 cm³/mol. The van der Waals surface area contributed by atoms with Gasteiger partial charge < -0.3 is 9.47 Å². The van der Waals surface area contributed by atoms with Crippen LogP contribution >= 0.6 is 11.5 Å². The number of nitrogens with one attached hydrogen (secondary N) is 2. The van der Waals surface area contributed by atoms with Gasteiger partial charge in [-0.3, -0.25) is 10.1 Å². The van der Waals surface area contributed by atoms with E-state index in [-0.39, 0.29) is 12.5 Å². The summed E-state index contributed by atoms with van der Waals surface area (Å²) in [5.74, 6) is 0.309. The summed E-state index contributed by atoms with van der Waals surface area (Å²) >= 11 is 1.12. The molecule has 2 amide bonds. The molecule has 1 aromatic carbocycles. The van der Waals surface area contributed by atoms with E-state index >= 15 is 0 Å². The number of ether oxygens (including phenoxy) is 2. The van der Waals surface area contributed by atoms with E-state index in [0.717, 1.165) is 11.5 Å². The molecule has 0 atom stereocenters. The Bertz CT molecular complexity index is 815. The molecule has 0 aliphatic rings. The van der Waals surface area contributed by atoms with Crippen molar-refractivity contribution >= 4 is 34.2 Å². The van der Waals surface area contributed by atoms with Gasteiger partial charge in [0.1, 0.15) is 10.8 Å². The van der Waals surface area contributed by atoms with Crippen LogP contribution in [-0.4, -0.2) is 35.8 Å². The predicted octanol–water partition coefficient (Wildman–Crippen LogP) is 3.18. The minimum Gasteiger partial charge on any atom is -0.497 e. The van der Waals surface area contributed by atoms with Gasteiger partial charge in [0.2, 0.25) is 0 Å². The summed E-state index contributed by atoms with van der Waals surface area (Å²) in [5, 5.41) is 7.27. The number of benzene rings is 1. The van der Waals surface area contributed by atoms with E-state index in [2.05, 4.69) is 20.2 Å². The summed E-state index contributed by atoms with van der Waals surface area (Å²) in [7, 11) is 1.56. The first-order chi connectivity index (χ1) is 12.5. The molecule has 2 N–H and O–H groups in total. The van der Waals surface area contributed by atoms with Crippen LogP contribution in [0.1, 0.15) is 35.5 Å². The Kier molecular flexibility index (Phi) is 6.67. The fourth-order valence-corrected chi connectivity index (χ4v) is 2.97. The molecule has 0 spiro atoms. The number of carbonyl (C=O) groups excluding carboxylic acids is 2. The van der Waals surface area contributed by atoms with Crippen LogP contribution < -0.4 is 15.5 Å². The van der Waals surface area contributed by atoms with Crippen molar-refractivity contribution in [3.63, 3.8) is 0 Å². The zero-order valence-corrected chi connectivity index (χ0v) is 15.8. The van der Waals surface area contributed by atoms with Gasteiger partial charge in [-0.15, -0.1) is 0 Å². The Morgan fingerprint density at radius 3 is 2.58 bits per heavy atom. The number of hydrogen-bond acceptors (Lipinski definition) is 7. The molecule has 8 nitrogen and oxygen atoms in total. The minimum atomic E-state index is -0.563. The van der Waals surface area contributed by atoms with Crippen LogP contribution in [0, 0.1) is 6.92 Å². The van der Waals surface area contributed by atoms with E-state index in [9.17, 15) is 9.59 Å². The van der Waals surface area contributed by atoms with Crippen molar-refractivity contribution in [1.29, 1.82) is 0 Å². The number of nitrogens with zero attached hydrogens (tertiary/aromatic N) is 2. The molecule has 0 bridgehead atoms. The highest BCUT2D eigenvalue weighted by Crippen LogP contribution is 2.25. The number of methoxy groups -OCH3 is 1. The SMILES string of the molecule is CCOC(=O)Nc1snc(C)c1/C(C)=N/NC(=O)c1ccc(OC)cc1. The van der Waals surface area contributed by atoms with Crippen LogP contribution in [0.3, 0.4) is 0 Å². The van der Waals surface area contributed by atoms with Crippen LogP contribution in [0.25, 0.3) is 0 Å². The highest BCUT2D eigenvalue weighted by atomic mass is 32.1.